The lowest BCUT2D eigenvalue weighted by Crippen LogP contribution is -2.62. The van der Waals surface area contributed by atoms with Crippen LogP contribution >= 0.6 is 11.8 Å². The normalized spacial score (nSPS) is 28.7. The van der Waals surface area contributed by atoms with Gasteiger partial charge in [0.15, 0.2) is 12.4 Å². The number of carbonyl (C=O) groups excluding carboxylic acids is 2. The fourth-order valence-electron chi connectivity index (χ4n) is 3.20. The van der Waals surface area contributed by atoms with E-state index in [1.807, 2.05) is 0 Å². The molecule has 0 spiro atoms. The second-order valence-corrected chi connectivity index (χ2v) is 9.27. The van der Waals surface area contributed by atoms with Crippen LogP contribution in [0.15, 0.2) is 0 Å². The molecule has 1 amide bonds. The quantitative estimate of drug-likeness (QED) is 0.0891. The minimum Gasteiger partial charge on any atom is -0.394 e. The Balaban J connectivity index is 2.60. The van der Waals surface area contributed by atoms with Gasteiger partial charge >= 0.3 is 0 Å². The average Bonchev–Trinajstić information content (AvgIpc) is 2.82. The number of nitrogens with one attached hydrogen (secondary N) is 1. The molecular weight excluding hydrogens is 478 g/mol. The molecule has 9 N–H and O–H groups in total. The molecule has 0 aliphatic carbocycles. The Morgan fingerprint density at radius 2 is 1.71 bits per heavy atom. The number of unbranched alkanes of at least 4 members (excludes halogenated alkanes) is 1. The molecule has 0 saturated carbocycles. The van der Waals surface area contributed by atoms with Gasteiger partial charge in [0.05, 0.1) is 13.2 Å². The Kier molecular flexibility index (Phi) is 14.6. The number of ketones is 1. The minimum atomic E-state index is -2.09. The van der Waals surface area contributed by atoms with Crippen LogP contribution in [-0.2, 0) is 19.1 Å². The van der Waals surface area contributed by atoms with Gasteiger partial charge in [0, 0.05) is 18.7 Å². The Morgan fingerprint density at radius 1 is 1.03 bits per heavy atom. The zero-order chi connectivity index (χ0) is 25.8. The summed E-state index contributed by atoms with van der Waals surface area (Å²) in [6.45, 7) is -0.00364. The number of hydrogen-bond acceptors (Lipinski definition) is 13. The number of rotatable bonds is 16. The van der Waals surface area contributed by atoms with E-state index in [4.69, 9.17) is 9.47 Å². The largest absolute Gasteiger partial charge is 0.394 e. The van der Waals surface area contributed by atoms with Crippen LogP contribution in [0.3, 0.4) is 0 Å². The lowest BCUT2D eigenvalue weighted by Gasteiger charge is -2.42. The molecule has 200 valence electrons. The first-order chi connectivity index (χ1) is 16.0. The van der Waals surface area contributed by atoms with E-state index in [-0.39, 0.29) is 12.3 Å². The number of aliphatic hydroxyl groups is 8. The molecule has 13 nitrogen and oxygen atoms in total. The van der Waals surface area contributed by atoms with Crippen LogP contribution in [0.2, 0.25) is 0 Å². The first kappa shape index (κ1) is 31.1. The van der Waals surface area contributed by atoms with Gasteiger partial charge in [-0.1, -0.05) is 0 Å². The fourth-order valence-corrected chi connectivity index (χ4v) is 4.06. The van der Waals surface area contributed by atoms with Gasteiger partial charge in [-0.3, -0.25) is 4.79 Å². The topological polar surface area (TPSA) is 226 Å². The second kappa shape index (κ2) is 16.0. The third kappa shape index (κ3) is 9.62. The minimum absolute atomic E-state index is 0.130. The van der Waals surface area contributed by atoms with Crippen molar-refractivity contribution in [1.82, 2.24) is 5.32 Å². The smallest absolute Gasteiger partial charge is 0.251 e. The monoisotopic (exact) mass is 515 g/mol. The molecule has 0 aromatic carbocycles. The van der Waals surface area contributed by atoms with Gasteiger partial charge in [0.2, 0.25) is 0 Å². The van der Waals surface area contributed by atoms with Gasteiger partial charge in [0.1, 0.15) is 48.5 Å². The summed E-state index contributed by atoms with van der Waals surface area (Å²) in [5.74, 6) is 0.451. The molecule has 1 heterocycles. The second-order valence-electron chi connectivity index (χ2n) is 8.05. The number of carbonyl (C=O) groups is 2. The van der Waals surface area contributed by atoms with Crippen molar-refractivity contribution >= 4 is 23.5 Å². The highest BCUT2D eigenvalue weighted by Gasteiger charge is 2.47. The van der Waals surface area contributed by atoms with Crippen molar-refractivity contribution < 1.29 is 59.9 Å². The van der Waals surface area contributed by atoms with E-state index in [1.54, 1.807) is 0 Å². The van der Waals surface area contributed by atoms with E-state index in [0.717, 1.165) is 18.6 Å². The number of ether oxygens (including phenoxy) is 2. The van der Waals surface area contributed by atoms with Gasteiger partial charge in [-0.2, -0.15) is 11.8 Å². The molecule has 1 saturated heterocycles. The Hall–Kier alpha value is -0.910. The third-order valence-electron chi connectivity index (χ3n) is 5.25. The standard InChI is InChI=1S/C20H37NO12S/c1-10(24)4-2-3-6-34-7-5-21-19(31)16(29)15(28)18(11(25)8-22)33-20-17(30)14(27)13(26)12(9-23)32-20/h11-18,20,22-23,25-30H,2-9H2,1H3,(H,21,31)/t11?,12?,13-,14?,15?,16?,17?,18+,20-/m0/s1. The molecule has 9 atom stereocenters. The number of Topliss-reactive ketones (excluding diaryl/α,β-unsaturated/α-hetero) is 1. The van der Waals surface area contributed by atoms with Crippen molar-refractivity contribution in [3.05, 3.63) is 0 Å². The first-order valence-corrected chi connectivity index (χ1v) is 12.2. The molecule has 0 radical (unpaired) electrons. The Bertz CT molecular complexity index is 612. The molecule has 0 bridgehead atoms. The van der Waals surface area contributed by atoms with E-state index in [1.165, 1.54) is 18.7 Å². The zero-order valence-electron chi connectivity index (χ0n) is 19.0. The Labute approximate surface area is 201 Å². The van der Waals surface area contributed by atoms with Crippen molar-refractivity contribution in [3.63, 3.8) is 0 Å². The van der Waals surface area contributed by atoms with Crippen LogP contribution < -0.4 is 5.32 Å². The van der Waals surface area contributed by atoms with Crippen molar-refractivity contribution in [2.75, 3.05) is 31.3 Å². The average molecular weight is 516 g/mol. The molecule has 34 heavy (non-hydrogen) atoms. The summed E-state index contributed by atoms with van der Waals surface area (Å²) in [4.78, 5) is 23.1. The molecule has 14 heteroatoms. The molecule has 1 fully saturated rings. The summed E-state index contributed by atoms with van der Waals surface area (Å²) in [5, 5.41) is 81.3. The molecular formula is C20H37NO12S. The lowest BCUT2D eigenvalue weighted by molar-refractivity contribution is -0.326. The van der Waals surface area contributed by atoms with Crippen molar-refractivity contribution in [1.29, 1.82) is 0 Å². The van der Waals surface area contributed by atoms with Crippen molar-refractivity contribution in [2.45, 2.75) is 81.3 Å². The highest BCUT2D eigenvalue weighted by atomic mass is 32.2. The maximum Gasteiger partial charge on any atom is 0.251 e. The summed E-state index contributed by atoms with van der Waals surface area (Å²) < 4.78 is 10.4. The number of hydrogen-bond donors (Lipinski definition) is 9. The number of amides is 1. The zero-order valence-corrected chi connectivity index (χ0v) is 19.8. The molecule has 0 aromatic rings. The van der Waals surface area contributed by atoms with Gasteiger partial charge < -0.3 is 60.4 Å². The van der Waals surface area contributed by atoms with Gasteiger partial charge in [0.25, 0.3) is 5.91 Å². The van der Waals surface area contributed by atoms with Crippen LogP contribution in [0.4, 0.5) is 0 Å². The first-order valence-electron chi connectivity index (χ1n) is 11.0. The van der Waals surface area contributed by atoms with E-state index < -0.39 is 74.2 Å². The van der Waals surface area contributed by atoms with Gasteiger partial charge in [-0.05, 0) is 25.5 Å². The predicted molar refractivity (Wildman–Crippen MR) is 119 cm³/mol. The summed E-state index contributed by atoms with van der Waals surface area (Å²) in [5.41, 5.74) is 0. The maximum atomic E-state index is 12.2. The predicted octanol–water partition coefficient (Wildman–Crippen LogP) is -4.14. The summed E-state index contributed by atoms with van der Waals surface area (Å²) in [6, 6.07) is 0. The van der Waals surface area contributed by atoms with Crippen LogP contribution in [0, 0.1) is 0 Å². The van der Waals surface area contributed by atoms with E-state index in [2.05, 4.69) is 5.32 Å². The lowest BCUT2D eigenvalue weighted by atomic mass is 9.98. The van der Waals surface area contributed by atoms with Gasteiger partial charge in [-0.25, -0.2) is 0 Å². The third-order valence-corrected chi connectivity index (χ3v) is 6.32. The summed E-state index contributed by atoms with van der Waals surface area (Å²) >= 11 is 1.53. The highest BCUT2D eigenvalue weighted by molar-refractivity contribution is 7.99. The SMILES string of the molecule is CC(=O)CCCCSCCNC(=O)C(O)C(O)[C@H](O[C@@H]1OC(CO)[C@H](O)C(O)C1O)C(O)CO. The number of thioether (sulfide) groups is 1. The summed E-state index contributed by atoms with van der Waals surface area (Å²) in [6.07, 6.45) is -14.1. The van der Waals surface area contributed by atoms with Crippen LogP contribution in [0.1, 0.15) is 26.2 Å². The molecule has 6 unspecified atom stereocenters. The van der Waals surface area contributed by atoms with Crippen LogP contribution in [0.5, 0.6) is 0 Å². The Morgan fingerprint density at radius 3 is 2.29 bits per heavy atom. The van der Waals surface area contributed by atoms with E-state index >= 15 is 0 Å². The van der Waals surface area contributed by atoms with E-state index in [9.17, 15) is 50.4 Å². The van der Waals surface area contributed by atoms with Crippen molar-refractivity contribution in [3.8, 4) is 0 Å². The number of aliphatic hydroxyl groups excluding tert-OH is 8. The fraction of sp³-hybridized carbons (Fsp3) is 0.900. The van der Waals surface area contributed by atoms with Crippen molar-refractivity contribution in [2.24, 2.45) is 0 Å². The molecule has 1 aliphatic rings. The molecule has 0 aromatic heterocycles. The molecule has 1 aliphatic heterocycles. The van der Waals surface area contributed by atoms with Gasteiger partial charge in [-0.15, -0.1) is 0 Å². The van der Waals surface area contributed by atoms with Crippen LogP contribution in [0.25, 0.3) is 0 Å². The van der Waals surface area contributed by atoms with Crippen LogP contribution in [-0.4, -0.2) is 139 Å². The molecule has 1 rings (SSSR count). The highest BCUT2D eigenvalue weighted by Crippen LogP contribution is 2.25. The maximum absolute atomic E-state index is 12.2. The summed E-state index contributed by atoms with van der Waals surface area (Å²) in [7, 11) is 0. The van der Waals surface area contributed by atoms with E-state index in [0.29, 0.717) is 12.2 Å².